The lowest BCUT2D eigenvalue weighted by Crippen LogP contribution is -2.50. The number of nitrogens with one attached hydrogen (secondary N) is 2. The lowest BCUT2D eigenvalue weighted by molar-refractivity contribution is -0.153. The summed E-state index contributed by atoms with van der Waals surface area (Å²) >= 11 is 0. The van der Waals surface area contributed by atoms with E-state index in [1.807, 2.05) is 0 Å². The van der Waals surface area contributed by atoms with Gasteiger partial charge in [0.2, 0.25) is 0 Å². The Balaban J connectivity index is 1.60. The number of carboxylic acids is 1. The van der Waals surface area contributed by atoms with Crippen molar-refractivity contribution in [2.45, 2.75) is 51.0 Å². The highest BCUT2D eigenvalue weighted by atomic mass is 16.4. The Hall–Kier alpha value is -1.30. The molecule has 0 aromatic rings. The molecule has 2 saturated carbocycles. The van der Waals surface area contributed by atoms with Crippen molar-refractivity contribution < 1.29 is 14.7 Å². The normalized spacial score (nSPS) is 21.0. The maximum atomic E-state index is 11.7. The number of urea groups is 1. The van der Waals surface area contributed by atoms with Crippen LogP contribution in [0.5, 0.6) is 0 Å². The zero-order chi connectivity index (χ0) is 15.3. The van der Waals surface area contributed by atoms with Crippen molar-refractivity contribution in [1.82, 2.24) is 15.5 Å². The van der Waals surface area contributed by atoms with Crippen LogP contribution in [0.25, 0.3) is 0 Å². The van der Waals surface area contributed by atoms with Gasteiger partial charge >= 0.3 is 12.0 Å². The number of aliphatic carboxylic acids is 1. The summed E-state index contributed by atoms with van der Waals surface area (Å²) < 4.78 is 0. The molecular formula is C15H27N3O3. The first-order valence-corrected chi connectivity index (χ1v) is 7.99. The SMILES string of the molecule is CN(CCNC(=O)NCC1(C(=O)O)CCC1)C1CCCC1. The Morgan fingerprint density at radius 2 is 1.86 bits per heavy atom. The van der Waals surface area contributed by atoms with E-state index in [0.29, 0.717) is 25.4 Å². The molecule has 2 amide bonds. The smallest absolute Gasteiger partial charge is 0.314 e. The van der Waals surface area contributed by atoms with Crippen molar-refractivity contribution in [3.8, 4) is 0 Å². The Labute approximate surface area is 126 Å². The molecule has 0 saturated heterocycles. The molecule has 3 N–H and O–H groups in total. The highest BCUT2D eigenvalue weighted by Crippen LogP contribution is 2.40. The number of hydrogen-bond acceptors (Lipinski definition) is 3. The van der Waals surface area contributed by atoms with E-state index in [2.05, 4.69) is 22.6 Å². The van der Waals surface area contributed by atoms with Gasteiger partial charge in [0, 0.05) is 25.7 Å². The Morgan fingerprint density at radius 1 is 1.19 bits per heavy atom. The van der Waals surface area contributed by atoms with Crippen molar-refractivity contribution >= 4 is 12.0 Å². The molecule has 2 fully saturated rings. The fourth-order valence-corrected chi connectivity index (χ4v) is 3.26. The van der Waals surface area contributed by atoms with Crippen molar-refractivity contribution in [2.24, 2.45) is 5.41 Å². The molecule has 2 aliphatic carbocycles. The fraction of sp³-hybridized carbons (Fsp3) is 0.867. The summed E-state index contributed by atoms with van der Waals surface area (Å²) in [6, 6.07) is 0.391. The van der Waals surface area contributed by atoms with Crippen LogP contribution in [-0.2, 0) is 4.79 Å². The van der Waals surface area contributed by atoms with Gasteiger partial charge in [-0.15, -0.1) is 0 Å². The minimum Gasteiger partial charge on any atom is -0.481 e. The highest BCUT2D eigenvalue weighted by Gasteiger charge is 2.44. The first-order chi connectivity index (χ1) is 10.0. The van der Waals surface area contributed by atoms with Gasteiger partial charge in [-0.25, -0.2) is 4.79 Å². The van der Waals surface area contributed by atoms with Crippen LogP contribution in [0.2, 0.25) is 0 Å². The van der Waals surface area contributed by atoms with Gasteiger partial charge in [0.25, 0.3) is 0 Å². The second kappa shape index (κ2) is 7.11. The Morgan fingerprint density at radius 3 is 2.38 bits per heavy atom. The molecule has 0 atom stereocenters. The summed E-state index contributed by atoms with van der Waals surface area (Å²) in [5, 5.41) is 14.7. The fourth-order valence-electron chi connectivity index (χ4n) is 3.26. The van der Waals surface area contributed by atoms with Crippen molar-refractivity contribution in [2.75, 3.05) is 26.7 Å². The molecule has 0 heterocycles. The topological polar surface area (TPSA) is 81.7 Å². The average Bonchev–Trinajstić information content (AvgIpc) is 2.90. The molecule has 0 radical (unpaired) electrons. The monoisotopic (exact) mass is 297 g/mol. The number of carbonyl (C=O) groups excluding carboxylic acids is 1. The number of nitrogens with zero attached hydrogens (tertiary/aromatic N) is 1. The van der Waals surface area contributed by atoms with E-state index in [0.717, 1.165) is 13.0 Å². The third-order valence-corrected chi connectivity index (χ3v) is 5.05. The molecule has 6 nitrogen and oxygen atoms in total. The van der Waals surface area contributed by atoms with Gasteiger partial charge < -0.3 is 20.6 Å². The quantitative estimate of drug-likeness (QED) is 0.664. The molecule has 0 aromatic carbocycles. The molecule has 120 valence electrons. The number of likely N-dealkylation sites (N-methyl/N-ethyl adjacent to an activating group) is 1. The van der Waals surface area contributed by atoms with E-state index < -0.39 is 11.4 Å². The predicted molar refractivity (Wildman–Crippen MR) is 80.2 cm³/mol. The van der Waals surface area contributed by atoms with E-state index in [1.54, 1.807) is 0 Å². The van der Waals surface area contributed by atoms with Crippen LogP contribution in [-0.4, -0.2) is 54.7 Å². The van der Waals surface area contributed by atoms with E-state index in [1.165, 1.54) is 25.7 Å². The zero-order valence-electron chi connectivity index (χ0n) is 12.9. The standard InChI is InChI=1S/C15H27N3O3/c1-18(12-5-2-3-6-12)10-9-16-14(21)17-11-15(13(19)20)7-4-8-15/h12H,2-11H2,1H3,(H,19,20)(H2,16,17,21). The summed E-state index contributed by atoms with van der Waals surface area (Å²) in [6.45, 7) is 1.66. The second-order valence-electron chi connectivity index (χ2n) is 6.47. The third-order valence-electron chi connectivity index (χ3n) is 5.05. The number of carbonyl (C=O) groups is 2. The largest absolute Gasteiger partial charge is 0.481 e. The summed E-state index contributed by atoms with van der Waals surface area (Å²) in [7, 11) is 2.10. The second-order valence-corrected chi connectivity index (χ2v) is 6.47. The summed E-state index contributed by atoms with van der Waals surface area (Å²) in [6.07, 6.45) is 7.37. The molecule has 0 aliphatic heterocycles. The number of amides is 2. The zero-order valence-corrected chi connectivity index (χ0v) is 12.9. The van der Waals surface area contributed by atoms with Crippen LogP contribution < -0.4 is 10.6 Å². The van der Waals surface area contributed by atoms with Gasteiger partial charge in [0.1, 0.15) is 0 Å². The van der Waals surface area contributed by atoms with E-state index in [-0.39, 0.29) is 12.6 Å². The molecule has 0 spiro atoms. The van der Waals surface area contributed by atoms with Gasteiger partial charge in [0.05, 0.1) is 5.41 Å². The molecule has 21 heavy (non-hydrogen) atoms. The molecule has 0 aromatic heterocycles. The highest BCUT2D eigenvalue weighted by molar-refractivity contribution is 5.78. The number of hydrogen-bond donors (Lipinski definition) is 3. The Kier molecular flexibility index (Phi) is 5.45. The predicted octanol–water partition coefficient (Wildman–Crippen LogP) is 1.41. The summed E-state index contributed by atoms with van der Waals surface area (Å²) in [5.41, 5.74) is -0.724. The van der Waals surface area contributed by atoms with Crippen molar-refractivity contribution in [3.63, 3.8) is 0 Å². The lowest BCUT2D eigenvalue weighted by Gasteiger charge is -2.37. The van der Waals surface area contributed by atoms with Gasteiger partial charge in [-0.3, -0.25) is 4.79 Å². The summed E-state index contributed by atoms with van der Waals surface area (Å²) in [4.78, 5) is 25.2. The molecule has 0 unspecified atom stereocenters. The van der Waals surface area contributed by atoms with Crippen LogP contribution in [0.15, 0.2) is 0 Å². The maximum absolute atomic E-state index is 11.7. The molecule has 0 bridgehead atoms. The number of rotatable bonds is 7. The average molecular weight is 297 g/mol. The van der Waals surface area contributed by atoms with Crippen molar-refractivity contribution in [1.29, 1.82) is 0 Å². The van der Waals surface area contributed by atoms with E-state index in [4.69, 9.17) is 0 Å². The van der Waals surface area contributed by atoms with Crippen LogP contribution in [0.4, 0.5) is 4.79 Å². The first kappa shape index (κ1) is 16.1. The van der Waals surface area contributed by atoms with Gasteiger partial charge in [0.15, 0.2) is 0 Å². The first-order valence-electron chi connectivity index (χ1n) is 7.99. The van der Waals surface area contributed by atoms with E-state index >= 15 is 0 Å². The van der Waals surface area contributed by atoms with Gasteiger partial charge in [-0.05, 0) is 32.7 Å². The van der Waals surface area contributed by atoms with Crippen LogP contribution in [0, 0.1) is 5.41 Å². The van der Waals surface area contributed by atoms with Crippen LogP contribution >= 0.6 is 0 Å². The third kappa shape index (κ3) is 4.09. The van der Waals surface area contributed by atoms with Crippen molar-refractivity contribution in [3.05, 3.63) is 0 Å². The lowest BCUT2D eigenvalue weighted by atomic mass is 9.69. The molecule has 2 aliphatic rings. The Bertz CT molecular complexity index is 376. The maximum Gasteiger partial charge on any atom is 0.314 e. The minimum atomic E-state index is -0.796. The van der Waals surface area contributed by atoms with Gasteiger partial charge in [-0.2, -0.15) is 0 Å². The minimum absolute atomic E-state index is 0.229. The van der Waals surface area contributed by atoms with Crippen LogP contribution in [0.3, 0.4) is 0 Å². The molecular weight excluding hydrogens is 270 g/mol. The number of carboxylic acid groups (broad SMARTS) is 1. The van der Waals surface area contributed by atoms with Crippen LogP contribution in [0.1, 0.15) is 44.9 Å². The summed E-state index contributed by atoms with van der Waals surface area (Å²) in [5.74, 6) is -0.796. The molecule has 6 heteroatoms. The molecule has 2 rings (SSSR count). The van der Waals surface area contributed by atoms with Gasteiger partial charge in [-0.1, -0.05) is 19.3 Å². The van der Waals surface area contributed by atoms with E-state index in [9.17, 15) is 14.7 Å².